The Morgan fingerprint density at radius 1 is 1.38 bits per heavy atom. The first-order valence-corrected chi connectivity index (χ1v) is 4.19. The van der Waals surface area contributed by atoms with Gasteiger partial charge in [0.05, 0.1) is 17.6 Å². The monoisotopic (exact) mass is 176 g/mol. The van der Waals surface area contributed by atoms with Gasteiger partial charge in [-0.05, 0) is 19.9 Å². The summed E-state index contributed by atoms with van der Waals surface area (Å²) in [4.78, 5) is 0. The van der Waals surface area contributed by atoms with Gasteiger partial charge in [-0.15, -0.1) is 0 Å². The maximum atomic E-state index is 4.17. The molecule has 68 valence electrons. The average molecular weight is 176 g/mol. The smallest absolute Gasteiger partial charge is 0.0687 e. The molecule has 2 aromatic heterocycles. The molecule has 0 saturated heterocycles. The SMILES string of the molecule is Cc1cc(-c2cnn(C)c2C)[nH]n1. The molecule has 0 aromatic carbocycles. The Labute approximate surface area is 76.6 Å². The van der Waals surface area contributed by atoms with Gasteiger partial charge in [0.25, 0.3) is 0 Å². The van der Waals surface area contributed by atoms with Gasteiger partial charge in [-0.25, -0.2) is 0 Å². The molecule has 0 atom stereocenters. The van der Waals surface area contributed by atoms with E-state index in [2.05, 4.69) is 15.3 Å². The summed E-state index contributed by atoms with van der Waals surface area (Å²) >= 11 is 0. The summed E-state index contributed by atoms with van der Waals surface area (Å²) in [7, 11) is 1.93. The van der Waals surface area contributed by atoms with E-state index in [1.807, 2.05) is 37.8 Å². The van der Waals surface area contributed by atoms with Crippen LogP contribution in [0.15, 0.2) is 12.3 Å². The lowest BCUT2D eigenvalue weighted by molar-refractivity contribution is 0.740. The molecule has 0 amide bonds. The number of hydrogen-bond acceptors (Lipinski definition) is 2. The largest absolute Gasteiger partial charge is 0.277 e. The van der Waals surface area contributed by atoms with E-state index in [1.54, 1.807) is 0 Å². The van der Waals surface area contributed by atoms with Gasteiger partial charge in [0.1, 0.15) is 0 Å². The van der Waals surface area contributed by atoms with Crippen molar-refractivity contribution < 1.29 is 0 Å². The summed E-state index contributed by atoms with van der Waals surface area (Å²) < 4.78 is 1.85. The molecule has 2 rings (SSSR count). The molecule has 1 N–H and O–H groups in total. The Morgan fingerprint density at radius 2 is 2.15 bits per heavy atom. The average Bonchev–Trinajstić information content (AvgIpc) is 2.62. The van der Waals surface area contributed by atoms with Gasteiger partial charge in [0.2, 0.25) is 0 Å². The second kappa shape index (κ2) is 2.73. The first-order valence-electron chi connectivity index (χ1n) is 4.19. The molecule has 13 heavy (non-hydrogen) atoms. The van der Waals surface area contributed by atoms with Gasteiger partial charge in [-0.2, -0.15) is 10.2 Å². The molecule has 0 unspecified atom stereocenters. The van der Waals surface area contributed by atoms with Crippen LogP contribution in [0.25, 0.3) is 11.3 Å². The van der Waals surface area contributed by atoms with E-state index in [1.165, 1.54) is 0 Å². The Bertz CT molecular complexity index is 425. The van der Waals surface area contributed by atoms with Crippen LogP contribution in [0, 0.1) is 13.8 Å². The lowest BCUT2D eigenvalue weighted by atomic mass is 10.2. The van der Waals surface area contributed by atoms with Gasteiger partial charge >= 0.3 is 0 Å². The van der Waals surface area contributed by atoms with E-state index < -0.39 is 0 Å². The van der Waals surface area contributed by atoms with Crippen molar-refractivity contribution in [3.05, 3.63) is 23.7 Å². The fraction of sp³-hybridized carbons (Fsp3) is 0.333. The lowest BCUT2D eigenvalue weighted by Crippen LogP contribution is -1.92. The zero-order valence-electron chi connectivity index (χ0n) is 8.00. The molecule has 0 bridgehead atoms. The predicted octanol–water partition coefficient (Wildman–Crippen LogP) is 1.43. The van der Waals surface area contributed by atoms with Crippen molar-refractivity contribution in [2.75, 3.05) is 0 Å². The minimum atomic E-state index is 0.998. The molecular formula is C9H12N4. The van der Waals surface area contributed by atoms with Gasteiger partial charge in [0.15, 0.2) is 0 Å². The number of aromatic nitrogens is 4. The highest BCUT2D eigenvalue weighted by Gasteiger charge is 2.07. The molecule has 0 fully saturated rings. The quantitative estimate of drug-likeness (QED) is 0.714. The van der Waals surface area contributed by atoms with Crippen LogP contribution in [0.1, 0.15) is 11.4 Å². The first-order chi connectivity index (χ1) is 6.18. The third-order valence-electron chi connectivity index (χ3n) is 2.23. The van der Waals surface area contributed by atoms with Gasteiger partial charge < -0.3 is 0 Å². The van der Waals surface area contributed by atoms with Crippen LogP contribution in [-0.4, -0.2) is 20.0 Å². The Morgan fingerprint density at radius 3 is 2.62 bits per heavy atom. The summed E-state index contributed by atoms with van der Waals surface area (Å²) in [6, 6.07) is 2.02. The third-order valence-corrected chi connectivity index (χ3v) is 2.23. The number of nitrogens with zero attached hydrogens (tertiary/aromatic N) is 3. The Kier molecular flexibility index (Phi) is 1.69. The summed E-state index contributed by atoms with van der Waals surface area (Å²) in [5.41, 5.74) is 4.29. The minimum absolute atomic E-state index is 0.998. The Hall–Kier alpha value is -1.58. The van der Waals surface area contributed by atoms with Crippen molar-refractivity contribution in [1.29, 1.82) is 0 Å². The zero-order valence-corrected chi connectivity index (χ0v) is 8.00. The molecular weight excluding hydrogens is 164 g/mol. The number of aromatic amines is 1. The fourth-order valence-corrected chi connectivity index (χ4v) is 1.32. The molecule has 0 aliphatic heterocycles. The number of hydrogen-bond donors (Lipinski definition) is 1. The highest BCUT2D eigenvalue weighted by molar-refractivity contribution is 5.60. The number of H-pyrrole nitrogens is 1. The summed E-state index contributed by atoms with van der Waals surface area (Å²) in [5.74, 6) is 0. The van der Waals surface area contributed by atoms with E-state index in [-0.39, 0.29) is 0 Å². The van der Waals surface area contributed by atoms with Gasteiger partial charge in [-0.3, -0.25) is 9.78 Å². The van der Waals surface area contributed by atoms with Crippen LogP contribution in [0.3, 0.4) is 0 Å². The highest BCUT2D eigenvalue weighted by atomic mass is 15.3. The molecule has 4 nitrogen and oxygen atoms in total. The Balaban J connectivity index is 2.52. The van der Waals surface area contributed by atoms with Gasteiger partial charge in [0, 0.05) is 18.3 Å². The third kappa shape index (κ3) is 1.24. The topological polar surface area (TPSA) is 46.5 Å². The second-order valence-corrected chi connectivity index (χ2v) is 3.19. The molecule has 4 heteroatoms. The molecule has 0 aliphatic rings. The van der Waals surface area contributed by atoms with E-state index in [9.17, 15) is 0 Å². The van der Waals surface area contributed by atoms with Crippen molar-refractivity contribution >= 4 is 0 Å². The van der Waals surface area contributed by atoms with Crippen LogP contribution in [0.4, 0.5) is 0 Å². The summed E-state index contributed by atoms with van der Waals surface area (Å²) in [6.07, 6.45) is 1.85. The van der Waals surface area contributed by atoms with Crippen LogP contribution in [0.2, 0.25) is 0 Å². The van der Waals surface area contributed by atoms with E-state index in [4.69, 9.17) is 0 Å². The zero-order chi connectivity index (χ0) is 9.42. The fourth-order valence-electron chi connectivity index (χ4n) is 1.32. The van der Waals surface area contributed by atoms with Crippen molar-refractivity contribution in [1.82, 2.24) is 20.0 Å². The molecule has 0 radical (unpaired) electrons. The van der Waals surface area contributed by atoms with Crippen molar-refractivity contribution in [3.63, 3.8) is 0 Å². The standard InChI is InChI=1S/C9H12N4/c1-6-4-9(12-11-6)8-5-10-13(3)7(8)2/h4-5H,1-3H3,(H,11,12). The highest BCUT2D eigenvalue weighted by Crippen LogP contribution is 2.20. The normalized spacial score (nSPS) is 10.7. The van der Waals surface area contributed by atoms with Crippen LogP contribution >= 0.6 is 0 Å². The van der Waals surface area contributed by atoms with Crippen molar-refractivity contribution in [3.8, 4) is 11.3 Å². The first kappa shape index (κ1) is 8.04. The lowest BCUT2D eigenvalue weighted by Gasteiger charge is -1.95. The molecule has 0 spiro atoms. The van der Waals surface area contributed by atoms with E-state index in [0.29, 0.717) is 0 Å². The van der Waals surface area contributed by atoms with Crippen LogP contribution < -0.4 is 0 Å². The maximum absolute atomic E-state index is 4.17. The summed E-state index contributed by atoms with van der Waals surface area (Å²) in [6.45, 7) is 4.00. The van der Waals surface area contributed by atoms with Crippen LogP contribution in [0.5, 0.6) is 0 Å². The molecule has 2 heterocycles. The summed E-state index contributed by atoms with van der Waals surface area (Å²) in [5, 5.41) is 11.2. The predicted molar refractivity (Wildman–Crippen MR) is 50.3 cm³/mol. The molecule has 0 saturated carbocycles. The van der Waals surface area contributed by atoms with Gasteiger partial charge in [-0.1, -0.05) is 0 Å². The second-order valence-electron chi connectivity index (χ2n) is 3.19. The van der Waals surface area contributed by atoms with E-state index >= 15 is 0 Å². The molecule has 2 aromatic rings. The number of rotatable bonds is 1. The van der Waals surface area contributed by atoms with Crippen molar-refractivity contribution in [2.24, 2.45) is 7.05 Å². The maximum Gasteiger partial charge on any atom is 0.0687 e. The minimum Gasteiger partial charge on any atom is -0.277 e. The van der Waals surface area contributed by atoms with Crippen molar-refractivity contribution in [2.45, 2.75) is 13.8 Å². The number of nitrogens with one attached hydrogen (secondary N) is 1. The molecule has 0 aliphatic carbocycles. The number of aryl methyl sites for hydroxylation is 2. The van der Waals surface area contributed by atoms with E-state index in [0.717, 1.165) is 22.6 Å². The van der Waals surface area contributed by atoms with Crippen LogP contribution in [-0.2, 0) is 7.05 Å².